The third kappa shape index (κ3) is 4.00. The monoisotopic (exact) mass is 334 g/mol. The summed E-state index contributed by atoms with van der Waals surface area (Å²) in [6, 6.07) is 3.94. The van der Waals surface area contributed by atoms with E-state index in [-0.39, 0.29) is 17.9 Å². The van der Waals surface area contributed by atoms with Gasteiger partial charge in [0.25, 0.3) is 0 Å². The topological polar surface area (TPSA) is 64.4 Å². The lowest BCUT2D eigenvalue weighted by atomic mass is 9.95. The predicted octanol–water partition coefficient (Wildman–Crippen LogP) is 3.61. The number of thiazole rings is 1. The number of methoxy groups -OCH3 is 1. The van der Waals surface area contributed by atoms with Gasteiger partial charge in [-0.05, 0) is 25.0 Å². The van der Waals surface area contributed by atoms with Crippen LogP contribution in [0.25, 0.3) is 10.8 Å². The summed E-state index contributed by atoms with van der Waals surface area (Å²) in [7, 11) is 1.47. The van der Waals surface area contributed by atoms with Gasteiger partial charge in [-0.25, -0.2) is 4.98 Å². The lowest BCUT2D eigenvalue weighted by Gasteiger charge is -2.23. The van der Waals surface area contributed by atoms with Crippen molar-refractivity contribution >= 4 is 17.3 Å². The fraction of sp³-hybridized carbons (Fsp3) is 0.529. The highest BCUT2D eigenvalue weighted by Crippen LogP contribution is 2.26. The van der Waals surface area contributed by atoms with Gasteiger partial charge >= 0.3 is 5.97 Å². The van der Waals surface area contributed by atoms with Gasteiger partial charge in [-0.1, -0.05) is 19.3 Å². The van der Waals surface area contributed by atoms with Crippen LogP contribution in [0.15, 0.2) is 28.2 Å². The van der Waals surface area contributed by atoms with Crippen molar-refractivity contribution in [1.29, 1.82) is 0 Å². The molecule has 1 aliphatic carbocycles. The van der Waals surface area contributed by atoms with E-state index in [4.69, 9.17) is 9.15 Å². The van der Waals surface area contributed by atoms with E-state index in [0.29, 0.717) is 6.54 Å². The molecule has 0 bridgehead atoms. The van der Waals surface area contributed by atoms with Gasteiger partial charge in [0.2, 0.25) is 0 Å². The van der Waals surface area contributed by atoms with E-state index in [1.54, 1.807) is 17.6 Å². The number of aromatic nitrogens is 1. The number of rotatable bonds is 5. The minimum Gasteiger partial charge on any atom is -0.469 e. The van der Waals surface area contributed by atoms with Crippen LogP contribution in [0, 0.1) is 5.92 Å². The second-order valence-corrected chi connectivity index (χ2v) is 6.73. The van der Waals surface area contributed by atoms with E-state index in [0.717, 1.165) is 42.1 Å². The van der Waals surface area contributed by atoms with Crippen molar-refractivity contribution in [1.82, 2.24) is 10.3 Å². The molecule has 5 nitrogen and oxygen atoms in total. The summed E-state index contributed by atoms with van der Waals surface area (Å²) in [6.07, 6.45) is 7.00. The summed E-state index contributed by atoms with van der Waals surface area (Å²) in [6.45, 7) is 0.662. The molecule has 0 radical (unpaired) electrons. The highest BCUT2D eigenvalue weighted by Gasteiger charge is 2.30. The van der Waals surface area contributed by atoms with Gasteiger partial charge in [0.05, 0.1) is 25.0 Å². The molecule has 2 aromatic rings. The number of ether oxygens (including phenoxy) is 1. The Morgan fingerprint density at radius 2 is 2.30 bits per heavy atom. The average molecular weight is 334 g/mol. The minimum atomic E-state index is -0.0982. The molecule has 124 valence electrons. The van der Waals surface area contributed by atoms with Gasteiger partial charge in [-0.15, -0.1) is 11.3 Å². The molecule has 0 aromatic carbocycles. The number of carbonyl (C=O) groups is 1. The lowest BCUT2D eigenvalue weighted by molar-refractivity contribution is -0.146. The Bertz CT molecular complexity index is 624. The van der Waals surface area contributed by atoms with Crippen molar-refractivity contribution in [2.45, 2.75) is 44.7 Å². The molecular weight excluding hydrogens is 312 g/mol. The first-order chi connectivity index (χ1) is 11.3. The molecule has 0 amide bonds. The molecule has 0 saturated heterocycles. The molecule has 2 aromatic heterocycles. The van der Waals surface area contributed by atoms with Crippen LogP contribution in [-0.4, -0.2) is 24.1 Å². The van der Waals surface area contributed by atoms with Crippen LogP contribution >= 0.6 is 11.3 Å². The quantitative estimate of drug-likeness (QED) is 0.668. The van der Waals surface area contributed by atoms with E-state index < -0.39 is 0 Å². The van der Waals surface area contributed by atoms with Gasteiger partial charge < -0.3 is 14.5 Å². The zero-order chi connectivity index (χ0) is 16.1. The first-order valence-electron chi connectivity index (χ1n) is 8.07. The Balaban J connectivity index is 1.62. The summed E-state index contributed by atoms with van der Waals surface area (Å²) in [5.41, 5.74) is 0.981. The third-order valence-corrected chi connectivity index (χ3v) is 5.25. The maximum Gasteiger partial charge on any atom is 0.310 e. The Labute approximate surface area is 140 Å². The smallest absolute Gasteiger partial charge is 0.310 e. The highest BCUT2D eigenvalue weighted by atomic mass is 32.1. The fourth-order valence-corrected chi connectivity index (χ4v) is 3.91. The van der Waals surface area contributed by atoms with Gasteiger partial charge in [0.15, 0.2) is 10.8 Å². The molecule has 1 N–H and O–H groups in total. The minimum absolute atomic E-state index is 0.0503. The van der Waals surface area contributed by atoms with Crippen LogP contribution in [0.3, 0.4) is 0 Å². The number of nitrogens with zero attached hydrogens (tertiary/aromatic N) is 1. The maximum absolute atomic E-state index is 12.0. The second kappa shape index (κ2) is 7.75. The molecule has 0 spiro atoms. The van der Waals surface area contributed by atoms with Crippen LogP contribution in [0.4, 0.5) is 0 Å². The van der Waals surface area contributed by atoms with Crippen LogP contribution in [0.5, 0.6) is 0 Å². The molecule has 0 unspecified atom stereocenters. The van der Waals surface area contributed by atoms with E-state index in [1.165, 1.54) is 13.5 Å². The summed E-state index contributed by atoms with van der Waals surface area (Å²) in [5, 5.41) is 6.44. The van der Waals surface area contributed by atoms with Crippen LogP contribution in [0.1, 0.15) is 37.8 Å². The molecule has 1 aliphatic rings. The fourth-order valence-electron chi connectivity index (χ4n) is 3.12. The number of nitrogens with one attached hydrogen (secondary N) is 1. The molecule has 3 rings (SSSR count). The van der Waals surface area contributed by atoms with Crippen LogP contribution in [-0.2, 0) is 16.1 Å². The standard InChI is InChI=1S/C17H22N2O3S/c1-21-17(20)13-6-3-2-4-7-14(13)18-10-12-11-23-16(19-12)15-8-5-9-22-15/h5,8-9,11,13-14,18H,2-4,6-7,10H2,1H3/t13-,14-/m1/s1. The second-order valence-electron chi connectivity index (χ2n) is 5.88. The van der Waals surface area contributed by atoms with E-state index in [1.807, 2.05) is 17.5 Å². The Kier molecular flexibility index (Phi) is 5.46. The molecule has 6 heteroatoms. The normalized spacial score (nSPS) is 21.8. The number of esters is 1. The summed E-state index contributed by atoms with van der Waals surface area (Å²) in [4.78, 5) is 16.6. The van der Waals surface area contributed by atoms with Crippen molar-refractivity contribution in [3.05, 3.63) is 29.5 Å². The van der Waals surface area contributed by atoms with Crippen molar-refractivity contribution in [3.8, 4) is 10.8 Å². The molecule has 1 fully saturated rings. The van der Waals surface area contributed by atoms with Crippen molar-refractivity contribution in [2.24, 2.45) is 5.92 Å². The van der Waals surface area contributed by atoms with Crippen molar-refractivity contribution < 1.29 is 13.9 Å². The zero-order valence-corrected chi connectivity index (χ0v) is 14.1. The number of hydrogen-bond acceptors (Lipinski definition) is 6. The number of carbonyl (C=O) groups excluding carboxylic acids is 1. The summed E-state index contributed by atoms with van der Waals surface area (Å²) < 4.78 is 10.3. The van der Waals surface area contributed by atoms with Crippen molar-refractivity contribution in [3.63, 3.8) is 0 Å². The van der Waals surface area contributed by atoms with Gasteiger partial charge in [0, 0.05) is 18.0 Å². The number of furan rings is 1. The van der Waals surface area contributed by atoms with E-state index >= 15 is 0 Å². The first kappa shape index (κ1) is 16.2. The summed E-state index contributed by atoms with van der Waals surface area (Å²) >= 11 is 1.57. The molecule has 1 saturated carbocycles. The molecule has 2 atom stereocenters. The Morgan fingerprint density at radius 3 is 3.09 bits per heavy atom. The zero-order valence-electron chi connectivity index (χ0n) is 13.3. The lowest BCUT2D eigenvalue weighted by Crippen LogP contribution is -2.39. The Morgan fingerprint density at radius 1 is 1.43 bits per heavy atom. The SMILES string of the molecule is COC(=O)[C@@H]1CCCCC[C@H]1NCc1csc(-c2ccco2)n1. The molecule has 2 heterocycles. The highest BCUT2D eigenvalue weighted by molar-refractivity contribution is 7.13. The van der Waals surface area contributed by atoms with E-state index in [2.05, 4.69) is 10.3 Å². The molecule has 0 aliphatic heterocycles. The predicted molar refractivity (Wildman–Crippen MR) is 89.0 cm³/mol. The van der Waals surface area contributed by atoms with Crippen LogP contribution in [0.2, 0.25) is 0 Å². The van der Waals surface area contributed by atoms with Crippen molar-refractivity contribution in [2.75, 3.05) is 7.11 Å². The van der Waals surface area contributed by atoms with E-state index in [9.17, 15) is 4.79 Å². The van der Waals surface area contributed by atoms with Gasteiger partial charge in [0.1, 0.15) is 0 Å². The first-order valence-corrected chi connectivity index (χ1v) is 8.95. The number of hydrogen-bond donors (Lipinski definition) is 1. The van der Waals surface area contributed by atoms with Gasteiger partial charge in [-0.3, -0.25) is 4.79 Å². The third-order valence-electron chi connectivity index (χ3n) is 4.35. The van der Waals surface area contributed by atoms with Crippen LogP contribution < -0.4 is 5.32 Å². The molecular formula is C17H22N2O3S. The van der Waals surface area contributed by atoms with Gasteiger partial charge in [-0.2, -0.15) is 0 Å². The largest absolute Gasteiger partial charge is 0.469 e. The average Bonchev–Trinajstić information content (AvgIpc) is 3.20. The summed E-state index contributed by atoms with van der Waals surface area (Å²) in [5.74, 6) is 0.646. The molecule has 23 heavy (non-hydrogen) atoms. The Hall–Kier alpha value is -1.66. The maximum atomic E-state index is 12.0.